The molecular weight excluding hydrogens is 216 g/mol. The Labute approximate surface area is 102 Å². The van der Waals surface area contributed by atoms with Crippen LogP contribution in [0.25, 0.3) is 0 Å². The summed E-state index contributed by atoms with van der Waals surface area (Å²) in [6, 6.07) is 3.29. The zero-order valence-electron chi connectivity index (χ0n) is 10.2. The molecule has 1 fully saturated rings. The van der Waals surface area contributed by atoms with Crippen molar-refractivity contribution in [3.05, 3.63) is 22.4 Å². The second kappa shape index (κ2) is 5.30. The van der Waals surface area contributed by atoms with Crippen LogP contribution in [-0.4, -0.2) is 30.1 Å². The molecule has 1 aliphatic rings. The van der Waals surface area contributed by atoms with E-state index in [1.165, 1.54) is 12.0 Å². The van der Waals surface area contributed by atoms with Crippen molar-refractivity contribution in [3.63, 3.8) is 0 Å². The lowest BCUT2D eigenvalue weighted by Crippen LogP contribution is -2.49. The van der Waals surface area contributed by atoms with Gasteiger partial charge in [-0.3, -0.25) is 4.90 Å². The second-order valence-electron chi connectivity index (χ2n) is 5.11. The first-order chi connectivity index (χ1) is 7.66. The fourth-order valence-corrected chi connectivity index (χ4v) is 3.16. The predicted molar refractivity (Wildman–Crippen MR) is 70.8 cm³/mol. The van der Waals surface area contributed by atoms with Crippen LogP contribution in [0.1, 0.15) is 25.8 Å². The van der Waals surface area contributed by atoms with Gasteiger partial charge in [0.15, 0.2) is 0 Å². The Kier molecular flexibility index (Phi) is 4.00. The van der Waals surface area contributed by atoms with E-state index in [2.05, 4.69) is 35.6 Å². The summed E-state index contributed by atoms with van der Waals surface area (Å²) >= 11 is 1.79. The molecule has 2 nitrogen and oxygen atoms in total. The highest BCUT2D eigenvalue weighted by atomic mass is 32.1. The van der Waals surface area contributed by atoms with E-state index in [0.29, 0.717) is 18.0 Å². The topological polar surface area (TPSA) is 29.3 Å². The Morgan fingerprint density at radius 2 is 2.44 bits per heavy atom. The quantitative estimate of drug-likeness (QED) is 0.876. The minimum atomic E-state index is 0.407. The van der Waals surface area contributed by atoms with Crippen LogP contribution >= 0.6 is 11.3 Å². The summed E-state index contributed by atoms with van der Waals surface area (Å²) in [7, 11) is 0. The largest absolute Gasteiger partial charge is 0.327 e. The van der Waals surface area contributed by atoms with Gasteiger partial charge in [-0.15, -0.1) is 0 Å². The molecule has 3 atom stereocenters. The van der Waals surface area contributed by atoms with E-state index in [9.17, 15) is 0 Å². The lowest BCUT2D eigenvalue weighted by molar-refractivity contribution is 0.123. The van der Waals surface area contributed by atoms with Gasteiger partial charge >= 0.3 is 0 Å². The van der Waals surface area contributed by atoms with E-state index in [-0.39, 0.29) is 0 Å². The molecule has 2 N–H and O–H groups in total. The van der Waals surface area contributed by atoms with Gasteiger partial charge in [0.1, 0.15) is 0 Å². The van der Waals surface area contributed by atoms with E-state index in [4.69, 9.17) is 5.73 Å². The molecule has 0 amide bonds. The minimum absolute atomic E-state index is 0.407. The predicted octanol–water partition coefficient (Wildman–Crippen LogP) is 2.35. The summed E-state index contributed by atoms with van der Waals surface area (Å²) < 4.78 is 0. The van der Waals surface area contributed by atoms with Crippen LogP contribution in [0.3, 0.4) is 0 Å². The van der Waals surface area contributed by atoms with Gasteiger partial charge in [-0.2, -0.15) is 11.3 Å². The molecule has 16 heavy (non-hydrogen) atoms. The molecule has 90 valence electrons. The van der Waals surface area contributed by atoms with Crippen molar-refractivity contribution in [1.82, 2.24) is 4.90 Å². The smallest absolute Gasteiger partial charge is 0.0108 e. The number of thiophene rings is 1. The molecule has 2 heterocycles. The number of rotatable bonds is 3. The third-order valence-corrected chi connectivity index (χ3v) is 4.47. The number of likely N-dealkylation sites (tertiary alicyclic amines) is 1. The van der Waals surface area contributed by atoms with Crippen LogP contribution in [0.5, 0.6) is 0 Å². The van der Waals surface area contributed by atoms with Crippen LogP contribution in [-0.2, 0) is 6.42 Å². The highest BCUT2D eigenvalue weighted by Gasteiger charge is 2.25. The van der Waals surface area contributed by atoms with E-state index in [1.54, 1.807) is 11.3 Å². The molecule has 1 aliphatic heterocycles. The lowest BCUT2D eigenvalue weighted by Gasteiger charge is -2.38. The van der Waals surface area contributed by atoms with Crippen LogP contribution < -0.4 is 5.73 Å². The number of hydrogen-bond acceptors (Lipinski definition) is 3. The molecule has 0 spiro atoms. The summed E-state index contributed by atoms with van der Waals surface area (Å²) in [5.41, 5.74) is 7.52. The summed E-state index contributed by atoms with van der Waals surface area (Å²) in [6.45, 7) is 6.93. The second-order valence-corrected chi connectivity index (χ2v) is 5.89. The molecule has 0 aromatic carbocycles. The molecule has 0 saturated carbocycles. The molecular formula is C13H22N2S. The highest BCUT2D eigenvalue weighted by molar-refractivity contribution is 7.07. The molecule has 1 saturated heterocycles. The number of piperidine rings is 1. The molecule has 0 bridgehead atoms. The molecule has 2 rings (SSSR count). The summed E-state index contributed by atoms with van der Waals surface area (Å²) in [5.74, 6) is 0.638. The van der Waals surface area contributed by atoms with Gasteiger partial charge in [0.05, 0.1) is 0 Å². The minimum Gasteiger partial charge on any atom is -0.327 e. The summed E-state index contributed by atoms with van der Waals surface area (Å²) in [4.78, 5) is 2.59. The van der Waals surface area contributed by atoms with E-state index in [0.717, 1.165) is 19.5 Å². The average Bonchev–Trinajstić information content (AvgIpc) is 2.74. The zero-order valence-corrected chi connectivity index (χ0v) is 11.0. The molecule has 3 unspecified atom stereocenters. The van der Waals surface area contributed by atoms with Gasteiger partial charge in [0.25, 0.3) is 0 Å². The van der Waals surface area contributed by atoms with E-state index in [1.807, 2.05) is 0 Å². The van der Waals surface area contributed by atoms with Gasteiger partial charge in [-0.25, -0.2) is 0 Å². The summed E-state index contributed by atoms with van der Waals surface area (Å²) in [5, 5.41) is 4.42. The first-order valence-electron chi connectivity index (χ1n) is 6.17. The van der Waals surface area contributed by atoms with E-state index < -0.39 is 0 Å². The highest BCUT2D eigenvalue weighted by Crippen LogP contribution is 2.19. The standard InChI is InChI=1S/C13H22N2S/c1-10-8-15(5-3-13(10)14)11(2)7-12-4-6-16-9-12/h4,6,9-11,13H,3,5,7-8,14H2,1-2H3. The Morgan fingerprint density at radius 1 is 1.62 bits per heavy atom. The number of nitrogens with zero attached hydrogens (tertiary/aromatic N) is 1. The maximum Gasteiger partial charge on any atom is 0.0108 e. The van der Waals surface area contributed by atoms with Gasteiger partial charge < -0.3 is 5.73 Å². The fourth-order valence-electron chi connectivity index (χ4n) is 2.48. The third kappa shape index (κ3) is 2.84. The van der Waals surface area contributed by atoms with E-state index >= 15 is 0 Å². The Morgan fingerprint density at radius 3 is 3.06 bits per heavy atom. The average molecular weight is 238 g/mol. The van der Waals surface area contributed by atoms with Crippen molar-refractivity contribution >= 4 is 11.3 Å². The van der Waals surface area contributed by atoms with Crippen LogP contribution in [0.15, 0.2) is 16.8 Å². The van der Waals surface area contributed by atoms with Crippen molar-refractivity contribution in [1.29, 1.82) is 0 Å². The summed E-state index contributed by atoms with van der Waals surface area (Å²) in [6.07, 6.45) is 2.32. The molecule has 3 heteroatoms. The SMILES string of the molecule is CC1CN(C(C)Cc2ccsc2)CCC1N. The monoisotopic (exact) mass is 238 g/mol. The van der Waals surface area contributed by atoms with Gasteiger partial charge in [-0.05, 0) is 54.6 Å². The number of hydrogen-bond donors (Lipinski definition) is 1. The van der Waals surface area contributed by atoms with Crippen molar-refractivity contribution < 1.29 is 0 Å². The normalized spacial score (nSPS) is 29.2. The van der Waals surface area contributed by atoms with Crippen molar-refractivity contribution in [2.24, 2.45) is 11.7 Å². The van der Waals surface area contributed by atoms with Gasteiger partial charge in [-0.1, -0.05) is 6.92 Å². The molecule has 0 aliphatic carbocycles. The molecule has 1 aromatic heterocycles. The van der Waals surface area contributed by atoms with Crippen molar-refractivity contribution in [2.45, 2.75) is 38.8 Å². The van der Waals surface area contributed by atoms with Crippen LogP contribution in [0.2, 0.25) is 0 Å². The van der Waals surface area contributed by atoms with Crippen molar-refractivity contribution in [3.8, 4) is 0 Å². The van der Waals surface area contributed by atoms with Crippen LogP contribution in [0, 0.1) is 5.92 Å². The first-order valence-corrected chi connectivity index (χ1v) is 7.12. The fraction of sp³-hybridized carbons (Fsp3) is 0.692. The van der Waals surface area contributed by atoms with Gasteiger partial charge in [0.2, 0.25) is 0 Å². The number of nitrogens with two attached hydrogens (primary N) is 1. The molecule has 0 radical (unpaired) electrons. The Bertz CT molecular complexity index is 310. The zero-order chi connectivity index (χ0) is 11.5. The maximum absolute atomic E-state index is 6.05. The van der Waals surface area contributed by atoms with Crippen molar-refractivity contribution in [2.75, 3.05) is 13.1 Å². The molecule has 1 aromatic rings. The third-order valence-electron chi connectivity index (χ3n) is 3.74. The Balaban J connectivity index is 1.88. The van der Waals surface area contributed by atoms with Gasteiger partial charge in [0, 0.05) is 18.6 Å². The Hall–Kier alpha value is -0.380. The lowest BCUT2D eigenvalue weighted by atomic mass is 9.93. The first kappa shape index (κ1) is 12.1. The van der Waals surface area contributed by atoms with Crippen LogP contribution in [0.4, 0.5) is 0 Å². The maximum atomic E-state index is 6.05.